The molecule has 0 spiro atoms. The second kappa shape index (κ2) is 4.82. The van der Waals surface area contributed by atoms with Gasteiger partial charge in [-0.05, 0) is 6.07 Å². The van der Waals surface area contributed by atoms with Gasteiger partial charge in [0.2, 0.25) is 0 Å². The van der Waals surface area contributed by atoms with Crippen molar-refractivity contribution in [2.45, 2.75) is 6.54 Å². The number of nitrogen functional groups attached to an aromatic ring is 1. The van der Waals surface area contributed by atoms with Crippen molar-refractivity contribution in [3.8, 4) is 0 Å². The molecule has 0 fully saturated rings. The molecular formula is C11H10F2N4O. The van der Waals surface area contributed by atoms with Crippen molar-refractivity contribution in [3.05, 3.63) is 47.3 Å². The molecule has 0 aliphatic rings. The van der Waals surface area contributed by atoms with Gasteiger partial charge in [-0.1, -0.05) is 6.07 Å². The number of hydrogen-bond donors (Lipinski definition) is 3. The molecule has 18 heavy (non-hydrogen) atoms. The highest BCUT2D eigenvalue weighted by molar-refractivity contribution is 5.96. The third-order valence-corrected chi connectivity index (χ3v) is 2.35. The number of hydrogen-bond acceptors (Lipinski definition) is 3. The maximum absolute atomic E-state index is 13.3. The minimum Gasteiger partial charge on any atom is -0.396 e. The Morgan fingerprint density at radius 2 is 2.22 bits per heavy atom. The zero-order valence-electron chi connectivity index (χ0n) is 9.21. The number of rotatable bonds is 3. The lowest BCUT2D eigenvalue weighted by atomic mass is 10.2. The predicted octanol–water partition coefficient (Wildman–Crippen LogP) is 1.20. The zero-order chi connectivity index (χ0) is 13.1. The van der Waals surface area contributed by atoms with Crippen LogP contribution >= 0.6 is 0 Å². The van der Waals surface area contributed by atoms with Crippen molar-refractivity contribution in [2.24, 2.45) is 0 Å². The second-order valence-electron chi connectivity index (χ2n) is 3.62. The Morgan fingerprint density at radius 1 is 1.44 bits per heavy atom. The molecule has 0 atom stereocenters. The number of carbonyl (C=O) groups excluding carboxylic acids is 1. The molecular weight excluding hydrogens is 242 g/mol. The molecule has 0 saturated heterocycles. The van der Waals surface area contributed by atoms with Crippen LogP contribution in [0.5, 0.6) is 0 Å². The summed E-state index contributed by atoms with van der Waals surface area (Å²) in [5, 5.41) is 8.47. The van der Waals surface area contributed by atoms with Crippen molar-refractivity contribution < 1.29 is 13.6 Å². The van der Waals surface area contributed by atoms with Crippen LogP contribution in [0.15, 0.2) is 24.4 Å². The first-order valence-corrected chi connectivity index (χ1v) is 5.09. The molecule has 7 heteroatoms. The Balaban J connectivity index is 2.04. The molecule has 0 aliphatic carbocycles. The summed E-state index contributed by atoms with van der Waals surface area (Å²) in [5.41, 5.74) is 5.97. The fourth-order valence-electron chi connectivity index (χ4n) is 1.41. The number of aromatic nitrogens is 2. The van der Waals surface area contributed by atoms with Crippen LogP contribution in [0, 0.1) is 11.6 Å². The molecule has 5 nitrogen and oxygen atoms in total. The fourth-order valence-corrected chi connectivity index (χ4v) is 1.41. The summed E-state index contributed by atoms with van der Waals surface area (Å²) in [4.78, 5) is 11.6. The Hall–Kier alpha value is -2.44. The van der Waals surface area contributed by atoms with Gasteiger partial charge in [0.15, 0.2) is 0 Å². The number of nitrogens with one attached hydrogen (secondary N) is 2. The monoisotopic (exact) mass is 252 g/mol. The Bertz CT molecular complexity index is 582. The lowest BCUT2D eigenvalue weighted by molar-refractivity contribution is 0.0946. The van der Waals surface area contributed by atoms with E-state index in [1.54, 1.807) is 0 Å². The van der Waals surface area contributed by atoms with Crippen LogP contribution in [0.2, 0.25) is 0 Å². The number of halogens is 2. The summed E-state index contributed by atoms with van der Waals surface area (Å²) < 4.78 is 26.0. The van der Waals surface area contributed by atoms with Gasteiger partial charge < -0.3 is 11.1 Å². The highest BCUT2D eigenvalue weighted by Crippen LogP contribution is 2.10. The summed E-state index contributed by atoms with van der Waals surface area (Å²) in [6, 6.07) is 3.14. The van der Waals surface area contributed by atoms with Crippen LogP contribution in [-0.4, -0.2) is 16.1 Å². The van der Waals surface area contributed by atoms with E-state index in [1.165, 1.54) is 12.3 Å². The minimum atomic E-state index is -0.715. The van der Waals surface area contributed by atoms with Gasteiger partial charge in [0.1, 0.15) is 17.3 Å². The number of nitrogens with two attached hydrogens (primary N) is 1. The van der Waals surface area contributed by atoms with E-state index in [1.807, 2.05) is 0 Å². The van der Waals surface area contributed by atoms with E-state index in [9.17, 15) is 13.6 Å². The lowest BCUT2D eigenvalue weighted by Gasteiger charge is -2.05. The molecule has 94 valence electrons. The van der Waals surface area contributed by atoms with Gasteiger partial charge in [-0.2, -0.15) is 5.10 Å². The van der Waals surface area contributed by atoms with Gasteiger partial charge in [0.05, 0.1) is 11.9 Å². The summed E-state index contributed by atoms with van der Waals surface area (Å²) in [7, 11) is 0. The molecule has 2 rings (SSSR count). The smallest absolute Gasteiger partial charge is 0.271 e. The van der Waals surface area contributed by atoms with Crippen molar-refractivity contribution in [1.29, 1.82) is 0 Å². The SMILES string of the molecule is Nc1cn[nH]c1C(=O)NCc1ccc(F)cc1F. The first-order valence-electron chi connectivity index (χ1n) is 5.09. The lowest BCUT2D eigenvalue weighted by Crippen LogP contribution is -2.24. The highest BCUT2D eigenvalue weighted by atomic mass is 19.1. The topological polar surface area (TPSA) is 83.8 Å². The molecule has 1 heterocycles. The van der Waals surface area contributed by atoms with Gasteiger partial charge in [-0.15, -0.1) is 0 Å². The van der Waals surface area contributed by atoms with E-state index in [0.29, 0.717) is 0 Å². The summed E-state index contributed by atoms with van der Waals surface area (Å²) in [5.74, 6) is -1.89. The predicted molar refractivity (Wildman–Crippen MR) is 60.5 cm³/mol. The average Bonchev–Trinajstić information content (AvgIpc) is 2.74. The molecule has 0 aliphatic heterocycles. The number of nitrogens with zero attached hydrogens (tertiary/aromatic N) is 1. The number of aromatic amines is 1. The van der Waals surface area contributed by atoms with Crippen LogP contribution in [0.25, 0.3) is 0 Å². The molecule has 0 radical (unpaired) electrons. The number of benzene rings is 1. The molecule has 1 amide bonds. The number of anilines is 1. The largest absolute Gasteiger partial charge is 0.396 e. The van der Waals surface area contributed by atoms with Gasteiger partial charge in [0.25, 0.3) is 5.91 Å². The van der Waals surface area contributed by atoms with E-state index in [2.05, 4.69) is 15.5 Å². The van der Waals surface area contributed by atoms with Gasteiger partial charge in [-0.3, -0.25) is 9.89 Å². The first-order chi connectivity index (χ1) is 8.58. The quantitative estimate of drug-likeness (QED) is 0.767. The van der Waals surface area contributed by atoms with Crippen LogP contribution < -0.4 is 11.1 Å². The standard InChI is InChI=1S/C11H10F2N4O/c12-7-2-1-6(8(13)3-7)4-15-11(18)10-9(14)5-16-17-10/h1-3,5H,4,14H2,(H,15,18)(H,16,17). The molecule has 1 aromatic heterocycles. The van der Waals surface area contributed by atoms with Crippen molar-refractivity contribution in [3.63, 3.8) is 0 Å². The number of H-pyrrole nitrogens is 1. The van der Waals surface area contributed by atoms with E-state index >= 15 is 0 Å². The van der Waals surface area contributed by atoms with Crippen LogP contribution in [-0.2, 0) is 6.54 Å². The van der Waals surface area contributed by atoms with E-state index in [4.69, 9.17) is 5.73 Å². The summed E-state index contributed by atoms with van der Waals surface area (Å²) in [6.07, 6.45) is 1.30. The van der Waals surface area contributed by atoms with Crippen LogP contribution in [0.3, 0.4) is 0 Å². The minimum absolute atomic E-state index is 0.0661. The second-order valence-corrected chi connectivity index (χ2v) is 3.62. The van der Waals surface area contributed by atoms with E-state index in [0.717, 1.165) is 12.1 Å². The van der Waals surface area contributed by atoms with Crippen LogP contribution in [0.4, 0.5) is 14.5 Å². The average molecular weight is 252 g/mol. The Kier molecular flexibility index (Phi) is 3.22. The number of amides is 1. The molecule has 0 bridgehead atoms. The summed E-state index contributed by atoms with van der Waals surface area (Å²) >= 11 is 0. The van der Waals surface area contributed by atoms with Gasteiger partial charge in [-0.25, -0.2) is 8.78 Å². The number of carbonyl (C=O) groups is 1. The molecule has 0 unspecified atom stereocenters. The van der Waals surface area contributed by atoms with Gasteiger partial charge in [0, 0.05) is 18.2 Å². The molecule has 0 saturated carbocycles. The zero-order valence-corrected chi connectivity index (χ0v) is 9.21. The molecule has 4 N–H and O–H groups in total. The molecule has 2 aromatic rings. The van der Waals surface area contributed by atoms with E-state index < -0.39 is 17.5 Å². The normalized spacial score (nSPS) is 10.3. The fraction of sp³-hybridized carbons (Fsp3) is 0.0909. The maximum atomic E-state index is 13.3. The third kappa shape index (κ3) is 2.45. The molecule has 1 aromatic carbocycles. The van der Waals surface area contributed by atoms with Crippen molar-refractivity contribution >= 4 is 11.6 Å². The summed E-state index contributed by atoms with van der Waals surface area (Å²) in [6.45, 7) is -0.0661. The maximum Gasteiger partial charge on any atom is 0.271 e. The highest BCUT2D eigenvalue weighted by Gasteiger charge is 2.12. The van der Waals surface area contributed by atoms with Crippen LogP contribution in [0.1, 0.15) is 16.1 Å². The Morgan fingerprint density at radius 3 is 2.83 bits per heavy atom. The first kappa shape index (κ1) is 12.0. The van der Waals surface area contributed by atoms with Crippen molar-refractivity contribution in [1.82, 2.24) is 15.5 Å². The third-order valence-electron chi connectivity index (χ3n) is 2.35. The van der Waals surface area contributed by atoms with Crippen molar-refractivity contribution in [2.75, 3.05) is 5.73 Å². The van der Waals surface area contributed by atoms with Gasteiger partial charge >= 0.3 is 0 Å². The van der Waals surface area contributed by atoms with E-state index in [-0.39, 0.29) is 23.5 Å². The Labute approximate surface area is 101 Å².